The Bertz CT molecular complexity index is 447. The number of aliphatic hydroxyl groups is 1. The summed E-state index contributed by atoms with van der Waals surface area (Å²) in [4.78, 5) is 10.6. The van der Waals surface area contributed by atoms with E-state index in [9.17, 15) is 9.90 Å². The largest absolute Gasteiger partial charge is 0.390 e. The molecule has 2 aliphatic rings. The lowest BCUT2D eigenvalue weighted by molar-refractivity contribution is -0.168. The van der Waals surface area contributed by atoms with Crippen LogP contribution in [0.4, 0.5) is 0 Å². The monoisotopic (exact) mass is 306 g/mol. The molecule has 0 aliphatic heterocycles. The predicted molar refractivity (Wildman–Crippen MR) is 91.6 cm³/mol. The van der Waals surface area contributed by atoms with E-state index >= 15 is 0 Å². The molecule has 2 nitrogen and oxygen atoms in total. The number of carbonyl (C=O) groups excluding carboxylic acids is 1. The molecule has 2 aliphatic carbocycles. The van der Waals surface area contributed by atoms with E-state index in [4.69, 9.17) is 0 Å². The molecule has 0 aromatic rings. The van der Waals surface area contributed by atoms with Crippen molar-refractivity contribution < 1.29 is 9.90 Å². The zero-order valence-corrected chi connectivity index (χ0v) is 15.1. The molecule has 0 heterocycles. The van der Waals surface area contributed by atoms with Crippen molar-refractivity contribution in [2.75, 3.05) is 0 Å². The van der Waals surface area contributed by atoms with Crippen LogP contribution in [0.15, 0.2) is 11.6 Å². The summed E-state index contributed by atoms with van der Waals surface area (Å²) in [5.74, 6) is 1.03. The summed E-state index contributed by atoms with van der Waals surface area (Å²) in [5, 5.41) is 11.1. The Morgan fingerprint density at radius 1 is 1.18 bits per heavy atom. The minimum atomic E-state index is -0.569. The molecule has 2 heteroatoms. The molecular weight excluding hydrogens is 272 g/mol. The van der Waals surface area contributed by atoms with Gasteiger partial charge in [-0.25, -0.2) is 0 Å². The standard InChI is InChI=1S/C20H34O2/c1-15(10-14-21)7-8-17-19(4)12-6-11-18(2,3)16(19)9-13-20(17,5)22/h10,14,16-17,22H,6-9,11-13H2,1-5H3/b15-10+/t16-,17-,19+,20-/m1/s1. The second-order valence-corrected chi connectivity index (χ2v) is 9.04. The van der Waals surface area contributed by atoms with E-state index in [1.165, 1.54) is 19.3 Å². The van der Waals surface area contributed by atoms with Gasteiger partial charge in [-0.05, 0) is 81.1 Å². The van der Waals surface area contributed by atoms with Crippen molar-refractivity contribution in [2.24, 2.45) is 22.7 Å². The van der Waals surface area contributed by atoms with Gasteiger partial charge in [0.2, 0.25) is 0 Å². The lowest BCUT2D eigenvalue weighted by Crippen LogP contribution is -2.57. The normalized spacial score (nSPS) is 41.8. The molecule has 0 unspecified atom stereocenters. The zero-order valence-electron chi connectivity index (χ0n) is 15.1. The van der Waals surface area contributed by atoms with Crippen molar-refractivity contribution in [3.05, 3.63) is 11.6 Å². The molecule has 0 bridgehead atoms. The molecule has 0 amide bonds. The number of carbonyl (C=O) groups is 1. The fourth-order valence-electron chi connectivity index (χ4n) is 5.84. The minimum absolute atomic E-state index is 0.227. The van der Waals surface area contributed by atoms with Gasteiger partial charge in [-0.3, -0.25) is 4.79 Å². The third-order valence-electron chi connectivity index (χ3n) is 6.94. The molecule has 22 heavy (non-hydrogen) atoms. The van der Waals surface area contributed by atoms with Crippen molar-refractivity contribution in [3.8, 4) is 0 Å². The van der Waals surface area contributed by atoms with Gasteiger partial charge in [0.05, 0.1) is 5.60 Å². The number of fused-ring (bicyclic) bond motifs is 1. The topological polar surface area (TPSA) is 37.3 Å². The van der Waals surface area contributed by atoms with Gasteiger partial charge in [-0.15, -0.1) is 0 Å². The first-order chi connectivity index (χ1) is 10.1. The van der Waals surface area contributed by atoms with Crippen molar-refractivity contribution in [2.45, 2.75) is 85.2 Å². The molecule has 0 spiro atoms. The first-order valence-electron chi connectivity index (χ1n) is 8.97. The second-order valence-electron chi connectivity index (χ2n) is 9.04. The Balaban J connectivity index is 2.26. The van der Waals surface area contributed by atoms with E-state index in [1.54, 1.807) is 6.08 Å². The van der Waals surface area contributed by atoms with Crippen LogP contribution in [0.5, 0.6) is 0 Å². The molecule has 0 radical (unpaired) electrons. The van der Waals surface area contributed by atoms with Crippen LogP contribution in [-0.4, -0.2) is 17.0 Å². The summed E-state index contributed by atoms with van der Waals surface area (Å²) in [6, 6.07) is 0. The van der Waals surface area contributed by atoms with E-state index in [1.807, 2.05) is 13.8 Å². The van der Waals surface area contributed by atoms with Crippen LogP contribution in [0.1, 0.15) is 79.6 Å². The van der Waals surface area contributed by atoms with Crippen LogP contribution < -0.4 is 0 Å². The number of aldehydes is 1. The lowest BCUT2D eigenvalue weighted by atomic mass is 9.45. The summed E-state index contributed by atoms with van der Waals surface area (Å²) in [6.45, 7) is 11.3. The fourth-order valence-corrected chi connectivity index (χ4v) is 5.84. The van der Waals surface area contributed by atoms with Crippen molar-refractivity contribution >= 4 is 6.29 Å². The van der Waals surface area contributed by atoms with E-state index in [2.05, 4.69) is 20.8 Å². The average molecular weight is 306 g/mol. The van der Waals surface area contributed by atoms with E-state index in [0.29, 0.717) is 17.3 Å². The van der Waals surface area contributed by atoms with Crippen LogP contribution in [-0.2, 0) is 4.79 Å². The van der Waals surface area contributed by atoms with E-state index in [-0.39, 0.29) is 5.41 Å². The second kappa shape index (κ2) is 6.11. The van der Waals surface area contributed by atoms with E-state index < -0.39 is 5.60 Å². The maximum atomic E-state index is 11.1. The van der Waals surface area contributed by atoms with Crippen LogP contribution in [0.2, 0.25) is 0 Å². The molecule has 0 saturated heterocycles. The third kappa shape index (κ3) is 3.18. The Hall–Kier alpha value is -0.630. The summed E-state index contributed by atoms with van der Waals surface area (Å²) >= 11 is 0. The summed E-state index contributed by atoms with van der Waals surface area (Å²) < 4.78 is 0. The number of allylic oxidation sites excluding steroid dienone is 2. The quantitative estimate of drug-likeness (QED) is 0.592. The van der Waals surface area contributed by atoms with Gasteiger partial charge in [0.1, 0.15) is 6.29 Å². The summed E-state index contributed by atoms with van der Waals surface area (Å²) in [6.07, 6.45) is 10.3. The molecule has 2 fully saturated rings. The van der Waals surface area contributed by atoms with Crippen LogP contribution in [0.25, 0.3) is 0 Å². The van der Waals surface area contributed by atoms with Crippen molar-refractivity contribution in [3.63, 3.8) is 0 Å². The van der Waals surface area contributed by atoms with Gasteiger partial charge in [-0.1, -0.05) is 32.8 Å². The average Bonchev–Trinajstić information content (AvgIpc) is 2.36. The molecule has 126 valence electrons. The van der Waals surface area contributed by atoms with Crippen molar-refractivity contribution in [1.29, 1.82) is 0 Å². The molecule has 1 N–H and O–H groups in total. The van der Waals surface area contributed by atoms with E-state index in [0.717, 1.165) is 37.5 Å². The lowest BCUT2D eigenvalue weighted by Gasteiger charge is -2.61. The first kappa shape index (κ1) is 17.7. The number of hydrogen-bond donors (Lipinski definition) is 1. The third-order valence-corrected chi connectivity index (χ3v) is 6.94. The fraction of sp³-hybridized carbons (Fsp3) is 0.850. The highest BCUT2D eigenvalue weighted by atomic mass is 16.3. The first-order valence-corrected chi connectivity index (χ1v) is 8.97. The Kier molecular flexibility index (Phi) is 4.92. The zero-order chi connectivity index (χ0) is 16.6. The van der Waals surface area contributed by atoms with Crippen LogP contribution >= 0.6 is 0 Å². The predicted octanol–water partition coefficient (Wildman–Crippen LogP) is 4.91. The van der Waals surface area contributed by atoms with Crippen LogP contribution in [0, 0.1) is 22.7 Å². The molecule has 4 atom stereocenters. The molecule has 2 saturated carbocycles. The van der Waals surface area contributed by atoms with Crippen molar-refractivity contribution in [1.82, 2.24) is 0 Å². The molecule has 2 rings (SSSR count). The summed E-state index contributed by atoms with van der Waals surface area (Å²) in [7, 11) is 0. The number of rotatable bonds is 4. The summed E-state index contributed by atoms with van der Waals surface area (Å²) in [5.41, 5.74) is 1.17. The number of hydrogen-bond acceptors (Lipinski definition) is 2. The Morgan fingerprint density at radius 2 is 1.86 bits per heavy atom. The van der Waals surface area contributed by atoms with Gasteiger partial charge < -0.3 is 5.11 Å². The van der Waals surface area contributed by atoms with Gasteiger partial charge in [0.25, 0.3) is 0 Å². The van der Waals surface area contributed by atoms with Gasteiger partial charge in [-0.2, -0.15) is 0 Å². The highest BCUT2D eigenvalue weighted by Gasteiger charge is 2.57. The highest BCUT2D eigenvalue weighted by Crippen LogP contribution is 2.62. The van der Waals surface area contributed by atoms with Gasteiger partial charge >= 0.3 is 0 Å². The van der Waals surface area contributed by atoms with Gasteiger partial charge in [0, 0.05) is 0 Å². The maximum Gasteiger partial charge on any atom is 0.142 e. The molecule has 0 aromatic heterocycles. The maximum absolute atomic E-state index is 11.1. The smallest absolute Gasteiger partial charge is 0.142 e. The Morgan fingerprint density at radius 3 is 2.50 bits per heavy atom. The highest BCUT2D eigenvalue weighted by molar-refractivity contribution is 5.65. The molecular formula is C20H34O2. The minimum Gasteiger partial charge on any atom is -0.390 e. The Labute approximate surface area is 136 Å². The molecule has 0 aromatic carbocycles. The van der Waals surface area contributed by atoms with Gasteiger partial charge in [0.15, 0.2) is 0 Å². The van der Waals surface area contributed by atoms with Crippen LogP contribution in [0.3, 0.4) is 0 Å². The SMILES string of the molecule is C/C(=C\C=O)CC[C@@H]1[C@@]2(C)CCCC(C)(C)[C@H]2CC[C@@]1(C)O.